The molecule has 4 aliphatic rings. The summed E-state index contributed by atoms with van der Waals surface area (Å²) in [5.74, 6) is -0.0860. The van der Waals surface area contributed by atoms with Gasteiger partial charge in [-0.2, -0.15) is 10.1 Å². The Kier molecular flexibility index (Phi) is 5.65. The van der Waals surface area contributed by atoms with Crippen LogP contribution < -0.4 is 10.2 Å². The number of aryl methyl sites for hydroxylation is 1. The van der Waals surface area contributed by atoms with Crippen LogP contribution in [0, 0.1) is 18.3 Å². The van der Waals surface area contributed by atoms with Crippen molar-refractivity contribution in [3.63, 3.8) is 0 Å². The molecule has 42 heavy (non-hydrogen) atoms. The van der Waals surface area contributed by atoms with E-state index in [0.717, 1.165) is 43.1 Å². The summed E-state index contributed by atoms with van der Waals surface area (Å²) >= 11 is 0. The van der Waals surface area contributed by atoms with E-state index in [1.165, 1.54) is 0 Å². The Bertz CT molecular complexity index is 1720. The second-order valence-electron chi connectivity index (χ2n) is 12.2. The van der Waals surface area contributed by atoms with Gasteiger partial charge in [0.15, 0.2) is 0 Å². The molecule has 1 unspecified atom stereocenters. The van der Waals surface area contributed by atoms with Crippen LogP contribution in [-0.4, -0.2) is 82.0 Å². The highest BCUT2D eigenvalue weighted by Gasteiger charge is 2.49. The lowest BCUT2D eigenvalue weighted by Gasteiger charge is -2.56. The summed E-state index contributed by atoms with van der Waals surface area (Å²) in [4.78, 5) is 34.5. The Balaban J connectivity index is 0.977. The molecule has 216 valence electrons. The third kappa shape index (κ3) is 4.23. The highest BCUT2D eigenvalue weighted by Crippen LogP contribution is 2.41. The van der Waals surface area contributed by atoms with Gasteiger partial charge >= 0.3 is 0 Å². The molecule has 4 fully saturated rings. The van der Waals surface area contributed by atoms with Gasteiger partial charge in [0.2, 0.25) is 17.6 Å². The van der Waals surface area contributed by atoms with Crippen molar-refractivity contribution >= 4 is 28.7 Å². The normalized spacial score (nSPS) is 24.1. The number of nitrogens with zero attached hydrogens (tertiary/aromatic N) is 6. The number of carbonyl (C=O) groups excluding carboxylic acids is 2. The fourth-order valence-electron chi connectivity index (χ4n) is 6.28. The quantitative estimate of drug-likeness (QED) is 0.374. The van der Waals surface area contributed by atoms with Gasteiger partial charge in [-0.3, -0.25) is 9.59 Å². The van der Waals surface area contributed by atoms with Crippen LogP contribution >= 0.6 is 0 Å². The van der Waals surface area contributed by atoms with Crippen LogP contribution in [0.5, 0.6) is 0 Å². The number of nitrogens with one attached hydrogen (secondary N) is 1. The predicted octanol–water partition coefficient (Wildman–Crippen LogP) is 3.46. The molecule has 1 saturated carbocycles. The van der Waals surface area contributed by atoms with E-state index in [1.807, 2.05) is 43.5 Å². The molecule has 3 aliphatic heterocycles. The van der Waals surface area contributed by atoms with E-state index in [1.54, 1.807) is 15.6 Å². The zero-order chi connectivity index (χ0) is 28.6. The van der Waals surface area contributed by atoms with Crippen LogP contribution in [0.25, 0.3) is 16.9 Å². The topological polar surface area (TPSA) is 118 Å². The molecule has 1 spiro atoms. The Hall–Kier alpha value is -4.32. The molecular weight excluding hydrogens is 541 g/mol. The third-order valence-corrected chi connectivity index (χ3v) is 9.05. The second-order valence-corrected chi connectivity index (χ2v) is 12.2. The van der Waals surface area contributed by atoms with E-state index in [2.05, 4.69) is 25.5 Å². The summed E-state index contributed by atoms with van der Waals surface area (Å²) in [5.41, 5.74) is 4.80. The fraction of sp³-hybridized carbons (Fsp3) is 0.433. The first-order valence-corrected chi connectivity index (χ1v) is 14.3. The maximum absolute atomic E-state index is 13.4. The van der Waals surface area contributed by atoms with Crippen molar-refractivity contribution in [2.24, 2.45) is 11.3 Å². The Morgan fingerprint density at radius 1 is 1.17 bits per heavy atom. The van der Waals surface area contributed by atoms with Crippen LogP contribution in [0.4, 0.5) is 15.8 Å². The van der Waals surface area contributed by atoms with E-state index >= 15 is 0 Å². The van der Waals surface area contributed by atoms with Gasteiger partial charge in [-0.05, 0) is 43.5 Å². The summed E-state index contributed by atoms with van der Waals surface area (Å²) in [7, 11) is 0. The molecule has 3 saturated heterocycles. The first-order chi connectivity index (χ1) is 20.4. The number of hydrogen-bond acceptors (Lipinski definition) is 8. The van der Waals surface area contributed by atoms with Gasteiger partial charge in [0.1, 0.15) is 6.17 Å². The molecule has 0 bridgehead atoms. The van der Waals surface area contributed by atoms with Gasteiger partial charge in [-0.1, -0.05) is 17.3 Å². The molecular formula is C30H30FN7O4. The second kappa shape index (κ2) is 9.35. The van der Waals surface area contributed by atoms with Crippen molar-refractivity contribution in [3.8, 4) is 11.4 Å². The summed E-state index contributed by atoms with van der Waals surface area (Å²) in [6.45, 7) is 6.48. The molecule has 1 N–H and O–H groups in total. The van der Waals surface area contributed by atoms with Gasteiger partial charge in [0.25, 0.3) is 5.91 Å². The van der Waals surface area contributed by atoms with Gasteiger partial charge in [0.05, 0.1) is 47.7 Å². The SMILES string of the molecule is Cc1ccc(-c2noc(C3CCN(C(=O)[C@H]4C[C@@H]4F)C3)n2)cc1NC(=O)c1cnn2ccc(N3CC4(COC4)C3)cc12. The maximum Gasteiger partial charge on any atom is 0.259 e. The average Bonchev–Trinajstić information content (AvgIpc) is 3.37. The summed E-state index contributed by atoms with van der Waals surface area (Å²) in [6, 6.07) is 9.65. The third-order valence-electron chi connectivity index (χ3n) is 9.05. The summed E-state index contributed by atoms with van der Waals surface area (Å²) in [5, 5.41) is 11.6. The number of aromatic nitrogens is 4. The number of fused-ring (bicyclic) bond motifs is 1. The number of amides is 2. The van der Waals surface area contributed by atoms with E-state index in [9.17, 15) is 14.0 Å². The standard InChI is InChI=1S/C30H30FN7O4/c1-17-2-3-18(26-34-28(42-35-26)19-4-6-36(12-19)29(40)21-10-23(21)31)8-24(17)33-27(39)22-11-32-38-7-5-20(9-25(22)38)37-13-30(14-37)15-41-16-30/h2-3,5,7-9,11,19,21,23H,4,6,10,12-16H2,1H3,(H,33,39)/t19?,21-,23-/m0/s1. The van der Waals surface area contributed by atoms with Crippen LogP contribution in [0.1, 0.15) is 40.6 Å². The molecule has 1 aromatic carbocycles. The molecule has 3 aromatic heterocycles. The van der Waals surface area contributed by atoms with Crippen molar-refractivity contribution in [1.29, 1.82) is 0 Å². The monoisotopic (exact) mass is 571 g/mol. The Labute approximate surface area is 240 Å². The maximum atomic E-state index is 13.4. The molecule has 8 rings (SSSR count). The highest BCUT2D eigenvalue weighted by atomic mass is 19.1. The summed E-state index contributed by atoms with van der Waals surface area (Å²) < 4.78 is 26.0. The van der Waals surface area contributed by atoms with E-state index in [4.69, 9.17) is 9.26 Å². The molecule has 0 radical (unpaired) electrons. The number of halogens is 1. The molecule has 1 aliphatic carbocycles. The lowest BCUT2D eigenvalue weighted by Crippen LogP contribution is -2.66. The molecule has 11 nitrogen and oxygen atoms in total. The minimum absolute atomic E-state index is 0.0824. The minimum Gasteiger partial charge on any atom is -0.380 e. The highest BCUT2D eigenvalue weighted by molar-refractivity contribution is 6.09. The number of benzene rings is 1. The predicted molar refractivity (Wildman–Crippen MR) is 150 cm³/mol. The molecule has 3 atom stereocenters. The first-order valence-electron chi connectivity index (χ1n) is 14.3. The van der Waals surface area contributed by atoms with Gasteiger partial charge in [-0.15, -0.1) is 0 Å². The molecule has 2 amide bonds. The largest absolute Gasteiger partial charge is 0.380 e. The lowest BCUT2D eigenvalue weighted by atomic mass is 9.78. The number of anilines is 2. The smallest absolute Gasteiger partial charge is 0.259 e. The van der Waals surface area contributed by atoms with Crippen molar-refractivity contribution in [2.45, 2.75) is 31.9 Å². The first kappa shape index (κ1) is 25.4. The van der Waals surface area contributed by atoms with Crippen LogP contribution in [0.15, 0.2) is 47.2 Å². The number of ether oxygens (including phenoxy) is 1. The minimum atomic E-state index is -1.01. The number of carbonyl (C=O) groups is 2. The number of likely N-dealkylation sites (tertiary alicyclic amines) is 1. The Morgan fingerprint density at radius 3 is 2.76 bits per heavy atom. The Morgan fingerprint density at radius 2 is 2.00 bits per heavy atom. The van der Waals surface area contributed by atoms with E-state index in [0.29, 0.717) is 59.9 Å². The van der Waals surface area contributed by atoms with Gasteiger partial charge in [0, 0.05) is 49.3 Å². The number of alkyl halides is 1. The van der Waals surface area contributed by atoms with Crippen LogP contribution in [0.2, 0.25) is 0 Å². The summed E-state index contributed by atoms with van der Waals surface area (Å²) in [6.07, 6.45) is 3.48. The van der Waals surface area contributed by atoms with Crippen molar-refractivity contribution in [2.75, 3.05) is 49.6 Å². The van der Waals surface area contributed by atoms with Gasteiger partial charge in [-0.25, -0.2) is 8.91 Å². The number of pyridine rings is 1. The van der Waals surface area contributed by atoms with Crippen molar-refractivity contribution < 1.29 is 23.2 Å². The number of rotatable bonds is 6. The lowest BCUT2D eigenvalue weighted by molar-refractivity contribution is -0.131. The van der Waals surface area contributed by atoms with Crippen molar-refractivity contribution in [1.82, 2.24) is 24.7 Å². The van der Waals surface area contributed by atoms with E-state index < -0.39 is 12.1 Å². The van der Waals surface area contributed by atoms with Gasteiger partial charge < -0.3 is 24.4 Å². The molecule has 4 aromatic rings. The number of hydrogen-bond donors (Lipinski definition) is 1. The zero-order valence-corrected chi connectivity index (χ0v) is 23.1. The van der Waals surface area contributed by atoms with Crippen LogP contribution in [0.3, 0.4) is 0 Å². The van der Waals surface area contributed by atoms with Crippen molar-refractivity contribution in [3.05, 3.63) is 59.7 Å². The fourth-order valence-corrected chi connectivity index (χ4v) is 6.28. The van der Waals surface area contributed by atoms with E-state index in [-0.39, 0.29) is 17.7 Å². The zero-order valence-electron chi connectivity index (χ0n) is 23.1. The average molecular weight is 572 g/mol. The molecule has 6 heterocycles. The molecule has 12 heteroatoms. The van der Waals surface area contributed by atoms with Crippen LogP contribution in [-0.2, 0) is 9.53 Å².